The normalized spacial score (nSPS) is 10.2. The molecule has 2 aromatic rings. The smallest absolute Gasteiger partial charge is 0.339 e. The molecule has 1 aromatic heterocycles. The number of hydrogen-bond donors (Lipinski definition) is 1. The average molecular weight is 337 g/mol. The van der Waals surface area contributed by atoms with Gasteiger partial charge in [0.15, 0.2) is 0 Å². The van der Waals surface area contributed by atoms with Gasteiger partial charge in [-0.15, -0.1) is 0 Å². The van der Waals surface area contributed by atoms with E-state index in [1.54, 1.807) is 25.3 Å². The number of aromatic carboxylic acids is 1. The highest BCUT2D eigenvalue weighted by Crippen LogP contribution is 2.33. The molecule has 5 nitrogen and oxygen atoms in total. The van der Waals surface area contributed by atoms with Crippen LogP contribution in [0.2, 0.25) is 0 Å². The molecule has 1 aromatic carbocycles. The van der Waals surface area contributed by atoms with E-state index in [9.17, 15) is 9.90 Å². The van der Waals surface area contributed by atoms with Gasteiger partial charge in [-0.25, -0.2) is 9.78 Å². The first-order valence-electron chi connectivity index (χ1n) is 5.80. The van der Waals surface area contributed by atoms with Gasteiger partial charge in [-0.05, 0) is 34.1 Å². The number of anilines is 2. The van der Waals surface area contributed by atoms with Crippen LogP contribution in [0, 0.1) is 0 Å². The summed E-state index contributed by atoms with van der Waals surface area (Å²) in [7, 11) is 3.32. The van der Waals surface area contributed by atoms with Gasteiger partial charge in [0.1, 0.15) is 17.1 Å². The third-order valence-corrected chi connectivity index (χ3v) is 3.26. The zero-order valence-corrected chi connectivity index (χ0v) is 12.6. The van der Waals surface area contributed by atoms with Gasteiger partial charge in [-0.2, -0.15) is 0 Å². The van der Waals surface area contributed by atoms with E-state index >= 15 is 0 Å². The molecule has 6 heteroatoms. The lowest BCUT2D eigenvalue weighted by molar-refractivity contribution is 0.0697. The highest BCUT2D eigenvalue weighted by molar-refractivity contribution is 9.10. The summed E-state index contributed by atoms with van der Waals surface area (Å²) in [5.41, 5.74) is 0.861. The number of hydrogen-bond acceptors (Lipinski definition) is 4. The molecular weight excluding hydrogens is 324 g/mol. The summed E-state index contributed by atoms with van der Waals surface area (Å²) >= 11 is 3.23. The highest BCUT2D eigenvalue weighted by Gasteiger charge is 2.18. The summed E-state index contributed by atoms with van der Waals surface area (Å²) in [6, 6.07) is 8.88. The van der Waals surface area contributed by atoms with Gasteiger partial charge in [0.05, 0.1) is 12.8 Å². The van der Waals surface area contributed by atoms with Crippen LogP contribution in [0.4, 0.5) is 11.5 Å². The summed E-state index contributed by atoms with van der Waals surface area (Å²) in [6.45, 7) is 0. The number of pyridine rings is 1. The minimum absolute atomic E-state index is 0.118. The Kier molecular flexibility index (Phi) is 4.24. The van der Waals surface area contributed by atoms with Gasteiger partial charge < -0.3 is 14.7 Å². The van der Waals surface area contributed by atoms with Crippen LogP contribution in [0.25, 0.3) is 0 Å². The number of carboxylic acid groups (broad SMARTS) is 1. The Morgan fingerprint density at radius 3 is 2.75 bits per heavy atom. The molecule has 0 radical (unpaired) electrons. The van der Waals surface area contributed by atoms with Gasteiger partial charge >= 0.3 is 5.97 Å². The highest BCUT2D eigenvalue weighted by atomic mass is 79.9. The maximum Gasteiger partial charge on any atom is 0.339 e. The minimum atomic E-state index is -1.03. The Labute approximate surface area is 124 Å². The van der Waals surface area contributed by atoms with Crippen LogP contribution < -0.4 is 9.64 Å². The predicted octanol–water partition coefficient (Wildman–Crippen LogP) is 3.32. The van der Waals surface area contributed by atoms with E-state index in [0.29, 0.717) is 16.0 Å². The molecule has 0 spiro atoms. The van der Waals surface area contributed by atoms with E-state index < -0.39 is 5.97 Å². The Bertz CT molecular complexity index is 646. The van der Waals surface area contributed by atoms with Crippen LogP contribution in [-0.2, 0) is 0 Å². The summed E-state index contributed by atoms with van der Waals surface area (Å²) in [5.74, 6) is -0.0307. The molecule has 2 rings (SSSR count). The molecule has 104 valence electrons. The number of carbonyl (C=O) groups is 1. The lowest BCUT2D eigenvalue weighted by atomic mass is 10.2. The first-order chi connectivity index (χ1) is 9.54. The number of halogens is 1. The summed E-state index contributed by atoms with van der Waals surface area (Å²) in [4.78, 5) is 17.2. The molecule has 20 heavy (non-hydrogen) atoms. The van der Waals surface area contributed by atoms with Crippen LogP contribution in [0.5, 0.6) is 5.75 Å². The van der Waals surface area contributed by atoms with Crippen LogP contribution in [0.3, 0.4) is 0 Å². The quantitative estimate of drug-likeness (QED) is 0.927. The predicted molar refractivity (Wildman–Crippen MR) is 80.0 cm³/mol. The van der Waals surface area contributed by atoms with Gasteiger partial charge in [-0.1, -0.05) is 12.1 Å². The minimum Gasteiger partial charge on any atom is -0.495 e. The lowest BCUT2D eigenvalue weighted by Gasteiger charge is -2.22. The average Bonchev–Trinajstić information content (AvgIpc) is 2.46. The molecule has 0 aliphatic heterocycles. The summed E-state index contributed by atoms with van der Waals surface area (Å²) in [6.07, 6.45) is 1.56. The third-order valence-electron chi connectivity index (χ3n) is 2.83. The topological polar surface area (TPSA) is 62.7 Å². The number of ether oxygens (including phenoxy) is 1. The van der Waals surface area contributed by atoms with E-state index in [-0.39, 0.29) is 5.56 Å². The Morgan fingerprint density at radius 1 is 1.40 bits per heavy atom. The molecule has 0 atom stereocenters. The molecule has 1 N–H and O–H groups in total. The standard InChI is InChI=1S/C14H13BrN2O3/c1-17(11-5-3-4-6-12(11)20-2)13-10(14(18)19)7-9(15)8-16-13/h3-8H,1-2H3,(H,18,19). The zero-order valence-electron chi connectivity index (χ0n) is 11.0. The SMILES string of the molecule is COc1ccccc1N(C)c1ncc(Br)cc1C(=O)O. The van der Waals surface area contributed by atoms with Crippen molar-refractivity contribution in [2.24, 2.45) is 0 Å². The number of aromatic nitrogens is 1. The van der Waals surface area contributed by atoms with Crippen molar-refractivity contribution in [3.8, 4) is 5.75 Å². The van der Waals surface area contributed by atoms with Gasteiger partial charge in [0.2, 0.25) is 0 Å². The number of methoxy groups -OCH3 is 1. The van der Waals surface area contributed by atoms with Crippen molar-refractivity contribution in [2.75, 3.05) is 19.1 Å². The maximum atomic E-state index is 11.3. The number of carboxylic acids is 1. The molecule has 0 bridgehead atoms. The zero-order chi connectivity index (χ0) is 14.7. The monoisotopic (exact) mass is 336 g/mol. The van der Waals surface area contributed by atoms with Crippen molar-refractivity contribution in [2.45, 2.75) is 0 Å². The Morgan fingerprint density at radius 2 is 2.10 bits per heavy atom. The van der Waals surface area contributed by atoms with E-state index in [1.807, 2.05) is 24.3 Å². The molecule has 0 aliphatic rings. The summed E-state index contributed by atoms with van der Waals surface area (Å²) in [5, 5.41) is 9.29. The van der Waals surface area contributed by atoms with Crippen molar-refractivity contribution < 1.29 is 14.6 Å². The van der Waals surface area contributed by atoms with Crippen molar-refractivity contribution in [3.05, 3.63) is 46.6 Å². The van der Waals surface area contributed by atoms with Crippen LogP contribution >= 0.6 is 15.9 Å². The molecule has 0 aliphatic carbocycles. The van der Waals surface area contributed by atoms with Crippen molar-refractivity contribution in [1.29, 1.82) is 0 Å². The molecular formula is C14H13BrN2O3. The molecule has 1 heterocycles. The van der Waals surface area contributed by atoms with E-state index in [2.05, 4.69) is 20.9 Å². The maximum absolute atomic E-state index is 11.3. The lowest BCUT2D eigenvalue weighted by Crippen LogP contribution is -2.16. The Balaban J connectivity index is 2.53. The Hall–Kier alpha value is -2.08. The van der Waals surface area contributed by atoms with E-state index in [4.69, 9.17) is 4.74 Å². The summed E-state index contributed by atoms with van der Waals surface area (Å²) < 4.78 is 5.90. The van der Waals surface area contributed by atoms with Gasteiger partial charge in [0, 0.05) is 17.7 Å². The van der Waals surface area contributed by atoms with Crippen LogP contribution in [0.1, 0.15) is 10.4 Å². The fourth-order valence-electron chi connectivity index (χ4n) is 1.88. The first-order valence-corrected chi connectivity index (χ1v) is 6.59. The van der Waals surface area contributed by atoms with E-state index in [1.165, 1.54) is 6.07 Å². The largest absolute Gasteiger partial charge is 0.495 e. The van der Waals surface area contributed by atoms with Crippen molar-refractivity contribution >= 4 is 33.4 Å². The second kappa shape index (κ2) is 5.92. The molecule has 0 unspecified atom stereocenters. The van der Waals surface area contributed by atoms with Gasteiger partial charge in [-0.3, -0.25) is 0 Å². The fourth-order valence-corrected chi connectivity index (χ4v) is 2.21. The number of para-hydroxylation sites is 2. The van der Waals surface area contributed by atoms with Crippen molar-refractivity contribution in [1.82, 2.24) is 4.98 Å². The number of nitrogens with zero attached hydrogens (tertiary/aromatic N) is 2. The third kappa shape index (κ3) is 2.75. The molecule has 0 saturated carbocycles. The number of rotatable bonds is 4. The van der Waals surface area contributed by atoms with Crippen LogP contribution in [-0.4, -0.2) is 30.2 Å². The molecule has 0 fully saturated rings. The van der Waals surface area contributed by atoms with Gasteiger partial charge in [0.25, 0.3) is 0 Å². The second-order valence-corrected chi connectivity index (χ2v) is 4.98. The molecule has 0 saturated heterocycles. The number of benzene rings is 1. The first kappa shape index (κ1) is 14.3. The molecule has 0 amide bonds. The van der Waals surface area contributed by atoms with Crippen LogP contribution in [0.15, 0.2) is 41.0 Å². The fraction of sp³-hybridized carbons (Fsp3) is 0.143. The van der Waals surface area contributed by atoms with Crippen molar-refractivity contribution in [3.63, 3.8) is 0 Å². The van der Waals surface area contributed by atoms with E-state index in [0.717, 1.165) is 5.69 Å². The second-order valence-electron chi connectivity index (χ2n) is 4.06.